The van der Waals surface area contributed by atoms with Gasteiger partial charge in [-0.3, -0.25) is 14.7 Å². The zero-order valence-electron chi connectivity index (χ0n) is 9.30. The smallest absolute Gasteiger partial charge is 0.314 e. The number of nitrogens with zero attached hydrogens (tertiary/aromatic N) is 1. The van der Waals surface area contributed by atoms with Crippen molar-refractivity contribution in [3.05, 3.63) is 32.1 Å². The molecule has 1 aliphatic heterocycles. The summed E-state index contributed by atoms with van der Waals surface area (Å²) in [5.41, 5.74) is 0.597. The van der Waals surface area contributed by atoms with Crippen LogP contribution in [-0.2, 0) is 6.54 Å². The molecule has 0 aromatic carbocycles. The van der Waals surface area contributed by atoms with Gasteiger partial charge in [-0.05, 0) is 6.92 Å². The number of aromatic nitrogens is 2. The molecule has 0 spiro atoms. The van der Waals surface area contributed by atoms with Crippen molar-refractivity contribution in [1.29, 1.82) is 0 Å². The van der Waals surface area contributed by atoms with Crippen LogP contribution in [0, 0.1) is 6.92 Å². The molecule has 1 aromatic rings. The molecular formula is C10H16N4O2. The Hall–Kier alpha value is -1.40. The maximum absolute atomic E-state index is 11.6. The summed E-state index contributed by atoms with van der Waals surface area (Å²) in [5, 5.41) is 3.25. The fourth-order valence-electron chi connectivity index (χ4n) is 1.91. The maximum Gasteiger partial charge on any atom is 0.325 e. The molecule has 0 atom stereocenters. The minimum Gasteiger partial charge on any atom is -0.314 e. The summed E-state index contributed by atoms with van der Waals surface area (Å²) in [4.78, 5) is 29.7. The largest absolute Gasteiger partial charge is 0.325 e. The summed E-state index contributed by atoms with van der Waals surface area (Å²) in [5.74, 6) is 0. The summed E-state index contributed by atoms with van der Waals surface area (Å²) in [6.07, 6.45) is 0. The molecule has 2 rings (SSSR count). The number of H-pyrrole nitrogens is 2. The SMILES string of the molecule is Cc1[nH]c(=O)[nH]c(=O)c1CN1CCNCC1. The van der Waals surface area contributed by atoms with Gasteiger partial charge in [0.2, 0.25) is 0 Å². The fraction of sp³-hybridized carbons (Fsp3) is 0.600. The second kappa shape index (κ2) is 4.63. The predicted molar refractivity (Wildman–Crippen MR) is 60.6 cm³/mol. The Morgan fingerprint density at radius 2 is 1.88 bits per heavy atom. The van der Waals surface area contributed by atoms with Crippen molar-refractivity contribution in [3.63, 3.8) is 0 Å². The van der Waals surface area contributed by atoms with Gasteiger partial charge in [0, 0.05) is 38.4 Å². The first-order valence-electron chi connectivity index (χ1n) is 5.42. The third kappa shape index (κ3) is 2.40. The van der Waals surface area contributed by atoms with Gasteiger partial charge in [-0.15, -0.1) is 0 Å². The maximum atomic E-state index is 11.6. The normalized spacial score (nSPS) is 17.6. The van der Waals surface area contributed by atoms with Crippen LogP contribution < -0.4 is 16.6 Å². The van der Waals surface area contributed by atoms with E-state index in [0.717, 1.165) is 26.2 Å². The third-order valence-electron chi connectivity index (χ3n) is 2.85. The number of rotatable bonds is 2. The molecule has 0 saturated carbocycles. The number of nitrogens with one attached hydrogen (secondary N) is 3. The van der Waals surface area contributed by atoms with Crippen LogP contribution in [0.15, 0.2) is 9.59 Å². The highest BCUT2D eigenvalue weighted by Crippen LogP contribution is 2.02. The second-order valence-electron chi connectivity index (χ2n) is 4.04. The number of hydrogen-bond donors (Lipinski definition) is 3. The Morgan fingerprint density at radius 1 is 1.19 bits per heavy atom. The zero-order valence-corrected chi connectivity index (χ0v) is 9.30. The highest BCUT2D eigenvalue weighted by atomic mass is 16.2. The molecule has 1 fully saturated rings. The third-order valence-corrected chi connectivity index (χ3v) is 2.85. The lowest BCUT2D eigenvalue weighted by molar-refractivity contribution is 0.231. The van der Waals surface area contributed by atoms with Crippen LogP contribution in [0.5, 0.6) is 0 Å². The predicted octanol–water partition coefficient (Wildman–Crippen LogP) is -1.22. The summed E-state index contributed by atoms with van der Waals surface area (Å²) in [6.45, 7) is 6.10. The van der Waals surface area contributed by atoms with Gasteiger partial charge in [-0.2, -0.15) is 0 Å². The molecule has 1 aliphatic rings. The summed E-state index contributed by atoms with van der Waals surface area (Å²) in [6, 6.07) is 0. The van der Waals surface area contributed by atoms with Gasteiger partial charge in [-0.1, -0.05) is 0 Å². The van der Waals surface area contributed by atoms with Crippen molar-refractivity contribution in [2.75, 3.05) is 26.2 Å². The molecule has 6 heteroatoms. The Bertz CT molecular complexity index is 470. The van der Waals surface area contributed by atoms with E-state index in [-0.39, 0.29) is 5.56 Å². The Balaban J connectivity index is 2.20. The molecule has 88 valence electrons. The number of aromatic amines is 2. The molecule has 0 amide bonds. The van der Waals surface area contributed by atoms with E-state index >= 15 is 0 Å². The second-order valence-corrected chi connectivity index (χ2v) is 4.04. The summed E-state index contributed by atoms with van der Waals surface area (Å²) in [7, 11) is 0. The number of hydrogen-bond acceptors (Lipinski definition) is 4. The van der Waals surface area contributed by atoms with Gasteiger partial charge in [0.25, 0.3) is 5.56 Å². The van der Waals surface area contributed by atoms with Gasteiger partial charge in [-0.25, -0.2) is 4.79 Å². The lowest BCUT2D eigenvalue weighted by Crippen LogP contribution is -2.44. The van der Waals surface area contributed by atoms with Gasteiger partial charge >= 0.3 is 5.69 Å². The highest BCUT2D eigenvalue weighted by molar-refractivity contribution is 5.14. The van der Waals surface area contributed by atoms with Crippen LogP contribution in [0.3, 0.4) is 0 Å². The molecule has 1 saturated heterocycles. The minimum atomic E-state index is -0.438. The van der Waals surface area contributed by atoms with Crippen molar-refractivity contribution >= 4 is 0 Å². The topological polar surface area (TPSA) is 81.0 Å². The van der Waals surface area contributed by atoms with Crippen molar-refractivity contribution in [3.8, 4) is 0 Å². The van der Waals surface area contributed by atoms with Crippen LogP contribution in [0.25, 0.3) is 0 Å². The zero-order chi connectivity index (χ0) is 11.5. The molecular weight excluding hydrogens is 208 g/mol. The first kappa shape index (κ1) is 11.1. The van der Waals surface area contributed by atoms with E-state index in [1.807, 2.05) is 0 Å². The van der Waals surface area contributed by atoms with Crippen LogP contribution in [0.4, 0.5) is 0 Å². The molecule has 6 nitrogen and oxygen atoms in total. The fourth-order valence-corrected chi connectivity index (χ4v) is 1.91. The monoisotopic (exact) mass is 224 g/mol. The molecule has 0 unspecified atom stereocenters. The Kier molecular flexibility index (Phi) is 3.21. The van der Waals surface area contributed by atoms with E-state index in [4.69, 9.17) is 0 Å². The van der Waals surface area contributed by atoms with Gasteiger partial charge in [0.1, 0.15) is 0 Å². The van der Waals surface area contributed by atoms with E-state index in [0.29, 0.717) is 17.8 Å². The molecule has 3 N–H and O–H groups in total. The molecule has 2 heterocycles. The van der Waals surface area contributed by atoms with Crippen LogP contribution in [-0.4, -0.2) is 41.0 Å². The van der Waals surface area contributed by atoms with Gasteiger partial charge in [0.05, 0.1) is 5.56 Å². The van der Waals surface area contributed by atoms with E-state index in [2.05, 4.69) is 20.2 Å². The summed E-state index contributed by atoms with van der Waals surface area (Å²) >= 11 is 0. The van der Waals surface area contributed by atoms with Crippen molar-refractivity contribution < 1.29 is 0 Å². The average Bonchev–Trinajstić information content (AvgIpc) is 2.25. The first-order valence-corrected chi connectivity index (χ1v) is 5.42. The quantitative estimate of drug-likeness (QED) is 0.588. The lowest BCUT2D eigenvalue weighted by atomic mass is 10.2. The molecule has 16 heavy (non-hydrogen) atoms. The van der Waals surface area contributed by atoms with Crippen LogP contribution in [0.1, 0.15) is 11.3 Å². The van der Waals surface area contributed by atoms with E-state index in [1.165, 1.54) is 0 Å². The molecule has 0 radical (unpaired) electrons. The number of aryl methyl sites for hydroxylation is 1. The average molecular weight is 224 g/mol. The lowest BCUT2D eigenvalue weighted by Gasteiger charge is -2.27. The Morgan fingerprint density at radius 3 is 2.50 bits per heavy atom. The molecule has 0 bridgehead atoms. The molecule has 1 aromatic heterocycles. The van der Waals surface area contributed by atoms with Gasteiger partial charge in [0.15, 0.2) is 0 Å². The van der Waals surface area contributed by atoms with Crippen molar-refractivity contribution in [2.45, 2.75) is 13.5 Å². The van der Waals surface area contributed by atoms with Crippen LogP contribution in [0.2, 0.25) is 0 Å². The van der Waals surface area contributed by atoms with Crippen molar-refractivity contribution in [1.82, 2.24) is 20.2 Å². The van der Waals surface area contributed by atoms with E-state index in [9.17, 15) is 9.59 Å². The Labute approximate surface area is 92.7 Å². The standard InChI is InChI=1S/C10H16N4O2/c1-7-8(9(15)13-10(16)12-7)6-14-4-2-11-3-5-14/h11H,2-6H2,1H3,(H2,12,13,15,16). The highest BCUT2D eigenvalue weighted by Gasteiger charge is 2.13. The molecule has 0 aliphatic carbocycles. The summed E-state index contributed by atoms with van der Waals surface area (Å²) < 4.78 is 0. The number of piperazine rings is 1. The van der Waals surface area contributed by atoms with E-state index < -0.39 is 5.69 Å². The van der Waals surface area contributed by atoms with Crippen LogP contribution >= 0.6 is 0 Å². The van der Waals surface area contributed by atoms with Crippen molar-refractivity contribution in [2.24, 2.45) is 0 Å². The van der Waals surface area contributed by atoms with Gasteiger partial charge < -0.3 is 10.3 Å². The first-order chi connectivity index (χ1) is 7.66. The van der Waals surface area contributed by atoms with E-state index in [1.54, 1.807) is 6.92 Å². The minimum absolute atomic E-state index is 0.278.